The second kappa shape index (κ2) is 9.36. The molecule has 2 aromatic carbocycles. The topological polar surface area (TPSA) is 113 Å². The fourth-order valence-electron chi connectivity index (χ4n) is 2.63. The number of aliphatic carboxylic acids is 1. The SMILES string of the molecule is COc1ccc(/C=C\C(=O)O)c(OC(=O)c2ccccc2)c1CC(C)(O)C(C)O. The average molecular weight is 400 g/mol. The maximum absolute atomic E-state index is 12.6. The number of carboxylic acid groups (broad SMARTS) is 1. The van der Waals surface area contributed by atoms with Gasteiger partial charge in [-0.05, 0) is 44.2 Å². The summed E-state index contributed by atoms with van der Waals surface area (Å²) in [5.41, 5.74) is -0.600. The molecule has 0 spiro atoms. The Morgan fingerprint density at radius 1 is 1.17 bits per heavy atom. The van der Waals surface area contributed by atoms with Crippen molar-refractivity contribution in [1.29, 1.82) is 0 Å². The molecular weight excluding hydrogens is 376 g/mol. The monoisotopic (exact) mass is 400 g/mol. The lowest BCUT2D eigenvalue weighted by Gasteiger charge is -2.28. The molecule has 7 heteroatoms. The van der Waals surface area contributed by atoms with Crippen LogP contribution in [0.15, 0.2) is 48.5 Å². The number of esters is 1. The summed E-state index contributed by atoms with van der Waals surface area (Å²) in [7, 11) is 1.42. The minimum absolute atomic E-state index is 0.0524. The molecule has 29 heavy (non-hydrogen) atoms. The van der Waals surface area contributed by atoms with E-state index in [-0.39, 0.29) is 12.2 Å². The van der Waals surface area contributed by atoms with Crippen LogP contribution >= 0.6 is 0 Å². The number of carbonyl (C=O) groups is 2. The largest absolute Gasteiger partial charge is 0.496 e. The van der Waals surface area contributed by atoms with Crippen molar-refractivity contribution in [3.63, 3.8) is 0 Å². The summed E-state index contributed by atoms with van der Waals surface area (Å²) in [6.07, 6.45) is 1.02. The Morgan fingerprint density at radius 3 is 2.38 bits per heavy atom. The first kappa shape index (κ1) is 22.1. The highest BCUT2D eigenvalue weighted by Gasteiger charge is 2.31. The van der Waals surface area contributed by atoms with E-state index in [1.165, 1.54) is 27.0 Å². The van der Waals surface area contributed by atoms with E-state index < -0.39 is 23.6 Å². The number of aliphatic hydroxyl groups is 2. The lowest BCUT2D eigenvalue weighted by atomic mass is 9.89. The van der Waals surface area contributed by atoms with E-state index in [1.807, 2.05) is 0 Å². The van der Waals surface area contributed by atoms with E-state index in [0.717, 1.165) is 6.08 Å². The van der Waals surface area contributed by atoms with Crippen molar-refractivity contribution in [2.45, 2.75) is 32.0 Å². The van der Waals surface area contributed by atoms with Gasteiger partial charge >= 0.3 is 11.9 Å². The van der Waals surface area contributed by atoms with Gasteiger partial charge in [-0.1, -0.05) is 18.2 Å². The number of benzene rings is 2. The number of hydrogen-bond donors (Lipinski definition) is 3. The van der Waals surface area contributed by atoms with Crippen molar-refractivity contribution in [3.8, 4) is 11.5 Å². The Kier molecular flexibility index (Phi) is 7.14. The number of carbonyl (C=O) groups excluding carboxylic acids is 1. The summed E-state index contributed by atoms with van der Waals surface area (Å²) in [6.45, 7) is 2.88. The molecule has 2 aromatic rings. The van der Waals surface area contributed by atoms with Gasteiger partial charge in [0.05, 0.1) is 24.4 Å². The number of methoxy groups -OCH3 is 1. The normalized spacial score (nSPS) is 14.2. The summed E-state index contributed by atoms with van der Waals surface area (Å²) in [5.74, 6) is -1.44. The van der Waals surface area contributed by atoms with Crippen LogP contribution in [-0.2, 0) is 11.2 Å². The van der Waals surface area contributed by atoms with Crippen molar-refractivity contribution < 1.29 is 34.4 Å². The summed E-state index contributed by atoms with van der Waals surface area (Å²) in [6, 6.07) is 11.4. The fraction of sp³-hybridized carbons (Fsp3) is 0.273. The molecule has 2 atom stereocenters. The zero-order valence-electron chi connectivity index (χ0n) is 16.5. The van der Waals surface area contributed by atoms with Gasteiger partial charge in [0.1, 0.15) is 11.5 Å². The fourth-order valence-corrected chi connectivity index (χ4v) is 2.63. The molecule has 0 fully saturated rings. The van der Waals surface area contributed by atoms with Crippen LogP contribution in [0, 0.1) is 0 Å². The van der Waals surface area contributed by atoms with Crippen molar-refractivity contribution in [2.75, 3.05) is 7.11 Å². The number of rotatable bonds is 8. The number of carboxylic acids is 1. The average Bonchev–Trinajstić information content (AvgIpc) is 2.68. The standard InChI is InChI=1S/C22H24O7/c1-14(23)22(2,27)13-17-18(28-3)11-9-15(10-12-19(24)25)20(17)29-21(26)16-7-5-4-6-8-16/h4-12,14,23,27H,13H2,1-3H3,(H,24,25)/b12-10-. The van der Waals surface area contributed by atoms with Crippen LogP contribution in [0.25, 0.3) is 6.08 Å². The first-order chi connectivity index (χ1) is 13.7. The van der Waals surface area contributed by atoms with Crippen LogP contribution in [0.5, 0.6) is 11.5 Å². The van der Waals surface area contributed by atoms with Crippen LogP contribution in [-0.4, -0.2) is 46.1 Å². The molecule has 0 aliphatic carbocycles. The second-order valence-corrected chi connectivity index (χ2v) is 6.80. The molecule has 0 aromatic heterocycles. The molecule has 0 saturated heterocycles. The van der Waals surface area contributed by atoms with Crippen LogP contribution in [0.3, 0.4) is 0 Å². The van der Waals surface area contributed by atoms with Crippen LogP contribution in [0.2, 0.25) is 0 Å². The molecule has 0 aliphatic rings. The number of ether oxygens (including phenoxy) is 2. The van der Waals surface area contributed by atoms with E-state index in [9.17, 15) is 19.8 Å². The van der Waals surface area contributed by atoms with Gasteiger partial charge < -0.3 is 24.8 Å². The molecular formula is C22H24O7. The Balaban J connectivity index is 2.60. The van der Waals surface area contributed by atoms with Crippen molar-refractivity contribution in [3.05, 3.63) is 65.2 Å². The van der Waals surface area contributed by atoms with Gasteiger partial charge in [-0.25, -0.2) is 9.59 Å². The van der Waals surface area contributed by atoms with Crippen molar-refractivity contribution >= 4 is 18.0 Å². The molecule has 0 bridgehead atoms. The molecule has 3 N–H and O–H groups in total. The molecule has 7 nitrogen and oxygen atoms in total. The first-order valence-electron chi connectivity index (χ1n) is 8.94. The lowest BCUT2D eigenvalue weighted by molar-refractivity contribution is -0.131. The zero-order chi connectivity index (χ0) is 21.6. The quantitative estimate of drug-likeness (QED) is 0.355. The van der Waals surface area contributed by atoms with E-state index in [4.69, 9.17) is 14.6 Å². The predicted molar refractivity (Wildman–Crippen MR) is 107 cm³/mol. The van der Waals surface area contributed by atoms with E-state index in [1.54, 1.807) is 42.5 Å². The zero-order valence-corrected chi connectivity index (χ0v) is 16.5. The number of aliphatic hydroxyl groups excluding tert-OH is 1. The van der Waals surface area contributed by atoms with E-state index in [2.05, 4.69) is 0 Å². The Hall–Kier alpha value is -3.16. The van der Waals surface area contributed by atoms with Crippen LogP contribution < -0.4 is 9.47 Å². The van der Waals surface area contributed by atoms with Gasteiger partial charge in [0.25, 0.3) is 0 Å². The third kappa shape index (κ3) is 5.66. The van der Waals surface area contributed by atoms with E-state index in [0.29, 0.717) is 22.4 Å². The maximum atomic E-state index is 12.6. The Labute approximate surface area is 168 Å². The van der Waals surface area contributed by atoms with Crippen LogP contribution in [0.4, 0.5) is 0 Å². The highest BCUT2D eigenvalue weighted by molar-refractivity contribution is 5.92. The first-order valence-corrected chi connectivity index (χ1v) is 8.94. The minimum Gasteiger partial charge on any atom is -0.496 e. The van der Waals surface area contributed by atoms with Crippen molar-refractivity contribution in [2.24, 2.45) is 0 Å². The molecule has 0 saturated carbocycles. The highest BCUT2D eigenvalue weighted by Crippen LogP contribution is 2.37. The Bertz CT molecular complexity index is 899. The predicted octanol–water partition coefficient (Wildman–Crippen LogP) is 2.69. The van der Waals surface area contributed by atoms with Gasteiger partial charge in [-0.3, -0.25) is 0 Å². The third-order valence-electron chi connectivity index (χ3n) is 4.51. The summed E-state index contributed by atoms with van der Waals surface area (Å²) in [5, 5.41) is 29.5. The molecule has 0 heterocycles. The smallest absolute Gasteiger partial charge is 0.343 e. The van der Waals surface area contributed by atoms with E-state index >= 15 is 0 Å². The molecule has 0 radical (unpaired) electrons. The van der Waals surface area contributed by atoms with Crippen LogP contribution in [0.1, 0.15) is 35.3 Å². The molecule has 154 valence electrons. The van der Waals surface area contributed by atoms with Crippen molar-refractivity contribution in [1.82, 2.24) is 0 Å². The molecule has 2 unspecified atom stereocenters. The van der Waals surface area contributed by atoms with Gasteiger partial charge in [0.2, 0.25) is 0 Å². The molecule has 0 amide bonds. The minimum atomic E-state index is -1.55. The molecule has 0 aliphatic heterocycles. The Morgan fingerprint density at radius 2 is 1.83 bits per heavy atom. The highest BCUT2D eigenvalue weighted by atomic mass is 16.5. The van der Waals surface area contributed by atoms with Gasteiger partial charge in [0, 0.05) is 23.6 Å². The second-order valence-electron chi connectivity index (χ2n) is 6.80. The van der Waals surface area contributed by atoms with Gasteiger partial charge in [0.15, 0.2) is 0 Å². The summed E-state index contributed by atoms with van der Waals surface area (Å²) < 4.78 is 11.0. The molecule has 2 rings (SSSR count). The number of hydrogen-bond acceptors (Lipinski definition) is 6. The third-order valence-corrected chi connectivity index (χ3v) is 4.51. The van der Waals surface area contributed by atoms with Gasteiger partial charge in [-0.2, -0.15) is 0 Å². The maximum Gasteiger partial charge on any atom is 0.343 e. The summed E-state index contributed by atoms with van der Waals surface area (Å²) in [4.78, 5) is 23.6. The van der Waals surface area contributed by atoms with Gasteiger partial charge in [-0.15, -0.1) is 0 Å². The lowest BCUT2D eigenvalue weighted by Crippen LogP contribution is -2.39. The summed E-state index contributed by atoms with van der Waals surface area (Å²) >= 11 is 0.